The van der Waals surface area contributed by atoms with Crippen molar-refractivity contribution in [3.8, 4) is 0 Å². The lowest BCUT2D eigenvalue weighted by Gasteiger charge is -2.18. The van der Waals surface area contributed by atoms with Crippen molar-refractivity contribution >= 4 is 0 Å². The maximum absolute atomic E-state index is 8.73. The second kappa shape index (κ2) is 4.55. The van der Waals surface area contributed by atoms with Crippen LogP contribution in [-0.4, -0.2) is 11.7 Å². The van der Waals surface area contributed by atoms with Gasteiger partial charge in [-0.1, -0.05) is 39.8 Å². The summed E-state index contributed by atoms with van der Waals surface area (Å²) in [5.41, 5.74) is 0.152. The smallest absolute Gasteiger partial charge is 0.0439 e. The van der Waals surface area contributed by atoms with E-state index in [9.17, 15) is 0 Å². The van der Waals surface area contributed by atoms with Gasteiger partial charge in [0.15, 0.2) is 0 Å². The first-order valence-electron chi connectivity index (χ1n) is 4.28. The van der Waals surface area contributed by atoms with E-state index in [2.05, 4.69) is 39.8 Å². The molecule has 0 radical (unpaired) electrons. The van der Waals surface area contributed by atoms with E-state index in [1.165, 1.54) is 0 Å². The molecule has 1 N–H and O–H groups in total. The fraction of sp³-hybridized carbons (Fsp3) is 0.800. The van der Waals surface area contributed by atoms with Crippen LogP contribution in [0.3, 0.4) is 0 Å². The van der Waals surface area contributed by atoms with Gasteiger partial charge in [0.2, 0.25) is 0 Å². The van der Waals surface area contributed by atoms with Gasteiger partial charge in [0.1, 0.15) is 0 Å². The molecule has 0 spiro atoms. The van der Waals surface area contributed by atoms with E-state index < -0.39 is 0 Å². The maximum atomic E-state index is 8.73. The van der Waals surface area contributed by atoms with Gasteiger partial charge >= 0.3 is 0 Å². The van der Waals surface area contributed by atoms with E-state index in [0.29, 0.717) is 5.92 Å². The van der Waals surface area contributed by atoms with Gasteiger partial charge in [0.05, 0.1) is 0 Å². The van der Waals surface area contributed by atoms with Crippen molar-refractivity contribution < 1.29 is 5.11 Å². The lowest BCUT2D eigenvalue weighted by atomic mass is 9.88. The van der Waals surface area contributed by atoms with E-state index in [1.807, 2.05) is 0 Å². The standard InChI is InChI=1S/C10H20O/c1-9(2)5-6-10(3,4)7-8-11/h5-6,9,11H,7-8H2,1-4H3/b6-5+. The molecule has 0 aromatic heterocycles. The fourth-order valence-corrected chi connectivity index (χ4v) is 0.824. The summed E-state index contributed by atoms with van der Waals surface area (Å²) in [4.78, 5) is 0. The first-order valence-corrected chi connectivity index (χ1v) is 4.28. The molecule has 0 heterocycles. The fourth-order valence-electron chi connectivity index (χ4n) is 0.824. The Bertz CT molecular complexity index is 123. The molecule has 0 aromatic rings. The molecule has 1 nitrogen and oxygen atoms in total. The summed E-state index contributed by atoms with van der Waals surface area (Å²) in [6.45, 7) is 8.87. The van der Waals surface area contributed by atoms with Gasteiger partial charge < -0.3 is 5.11 Å². The molecule has 0 saturated carbocycles. The molecule has 0 fully saturated rings. The van der Waals surface area contributed by atoms with Crippen molar-refractivity contribution in [1.29, 1.82) is 0 Å². The third-order valence-electron chi connectivity index (χ3n) is 1.69. The summed E-state index contributed by atoms with van der Waals surface area (Å²) in [6, 6.07) is 0. The van der Waals surface area contributed by atoms with Crippen LogP contribution in [0, 0.1) is 11.3 Å². The zero-order valence-electron chi connectivity index (χ0n) is 8.09. The minimum Gasteiger partial charge on any atom is -0.396 e. The van der Waals surface area contributed by atoms with Crippen molar-refractivity contribution in [3.05, 3.63) is 12.2 Å². The summed E-state index contributed by atoms with van der Waals surface area (Å²) in [5, 5.41) is 8.73. The van der Waals surface area contributed by atoms with Gasteiger partial charge in [-0.25, -0.2) is 0 Å². The first-order chi connectivity index (χ1) is 4.98. The number of aliphatic hydroxyl groups is 1. The highest BCUT2D eigenvalue weighted by Crippen LogP contribution is 2.21. The average Bonchev–Trinajstić information content (AvgIpc) is 1.84. The van der Waals surface area contributed by atoms with Crippen molar-refractivity contribution in [1.82, 2.24) is 0 Å². The van der Waals surface area contributed by atoms with Crippen LogP contribution in [0.1, 0.15) is 34.1 Å². The van der Waals surface area contributed by atoms with E-state index >= 15 is 0 Å². The molecular formula is C10H20O. The molecule has 0 saturated heterocycles. The van der Waals surface area contributed by atoms with Crippen LogP contribution in [-0.2, 0) is 0 Å². The van der Waals surface area contributed by atoms with Crippen molar-refractivity contribution in [3.63, 3.8) is 0 Å². The average molecular weight is 156 g/mol. The first kappa shape index (κ1) is 10.7. The highest BCUT2D eigenvalue weighted by Gasteiger charge is 2.11. The Kier molecular flexibility index (Phi) is 4.43. The van der Waals surface area contributed by atoms with E-state index in [-0.39, 0.29) is 12.0 Å². The lowest BCUT2D eigenvalue weighted by molar-refractivity contribution is 0.241. The molecule has 0 atom stereocenters. The van der Waals surface area contributed by atoms with Gasteiger partial charge in [-0.05, 0) is 17.8 Å². The molecule has 11 heavy (non-hydrogen) atoms. The number of aliphatic hydroxyl groups excluding tert-OH is 1. The van der Waals surface area contributed by atoms with Crippen LogP contribution in [0.2, 0.25) is 0 Å². The molecule has 1 heteroatoms. The van der Waals surface area contributed by atoms with Crippen LogP contribution in [0.5, 0.6) is 0 Å². The largest absolute Gasteiger partial charge is 0.396 e. The Labute approximate surface area is 70.1 Å². The van der Waals surface area contributed by atoms with Crippen molar-refractivity contribution in [2.45, 2.75) is 34.1 Å². The molecule has 0 unspecified atom stereocenters. The summed E-state index contributed by atoms with van der Waals surface area (Å²) in [5.74, 6) is 0.605. The topological polar surface area (TPSA) is 20.2 Å². The summed E-state index contributed by atoms with van der Waals surface area (Å²) in [7, 11) is 0. The quantitative estimate of drug-likeness (QED) is 0.620. The van der Waals surface area contributed by atoms with Gasteiger partial charge in [-0.15, -0.1) is 0 Å². The van der Waals surface area contributed by atoms with Crippen LogP contribution < -0.4 is 0 Å². The normalized spacial score (nSPS) is 13.3. The van der Waals surface area contributed by atoms with Crippen LogP contribution in [0.25, 0.3) is 0 Å². The second-order valence-corrected chi connectivity index (χ2v) is 4.07. The predicted octanol–water partition coefficient (Wildman–Crippen LogP) is 2.61. The molecule has 0 aliphatic heterocycles. The maximum Gasteiger partial charge on any atom is 0.0439 e. The Morgan fingerprint density at radius 2 is 1.91 bits per heavy atom. The third-order valence-corrected chi connectivity index (χ3v) is 1.69. The minimum absolute atomic E-state index is 0.152. The van der Waals surface area contributed by atoms with Crippen LogP contribution >= 0.6 is 0 Å². The molecule has 0 aromatic carbocycles. The Morgan fingerprint density at radius 3 is 2.27 bits per heavy atom. The number of rotatable bonds is 4. The highest BCUT2D eigenvalue weighted by atomic mass is 16.3. The predicted molar refractivity (Wildman–Crippen MR) is 49.5 cm³/mol. The number of hydrogen-bond donors (Lipinski definition) is 1. The summed E-state index contributed by atoms with van der Waals surface area (Å²) in [6.07, 6.45) is 5.22. The molecule has 0 aliphatic carbocycles. The monoisotopic (exact) mass is 156 g/mol. The van der Waals surface area contributed by atoms with Gasteiger partial charge in [-0.2, -0.15) is 0 Å². The Hall–Kier alpha value is -0.300. The molecule has 0 rings (SSSR count). The molecule has 0 bridgehead atoms. The second-order valence-electron chi connectivity index (χ2n) is 4.07. The Balaban J connectivity index is 3.89. The van der Waals surface area contributed by atoms with E-state index in [4.69, 9.17) is 5.11 Å². The van der Waals surface area contributed by atoms with Gasteiger partial charge in [0, 0.05) is 6.61 Å². The molecule has 0 aliphatic rings. The third kappa shape index (κ3) is 6.11. The SMILES string of the molecule is CC(C)/C=C/C(C)(C)CCO. The van der Waals surface area contributed by atoms with E-state index in [0.717, 1.165) is 6.42 Å². The van der Waals surface area contributed by atoms with Crippen LogP contribution in [0.4, 0.5) is 0 Å². The number of allylic oxidation sites excluding steroid dienone is 2. The van der Waals surface area contributed by atoms with Crippen molar-refractivity contribution in [2.24, 2.45) is 11.3 Å². The van der Waals surface area contributed by atoms with Crippen molar-refractivity contribution in [2.75, 3.05) is 6.61 Å². The van der Waals surface area contributed by atoms with Crippen LogP contribution in [0.15, 0.2) is 12.2 Å². The summed E-state index contributed by atoms with van der Waals surface area (Å²) < 4.78 is 0. The summed E-state index contributed by atoms with van der Waals surface area (Å²) >= 11 is 0. The zero-order chi connectivity index (χ0) is 8.91. The van der Waals surface area contributed by atoms with E-state index in [1.54, 1.807) is 0 Å². The molecule has 66 valence electrons. The minimum atomic E-state index is 0.152. The molecular weight excluding hydrogens is 136 g/mol. The molecule has 0 amide bonds. The number of hydrogen-bond acceptors (Lipinski definition) is 1. The lowest BCUT2D eigenvalue weighted by Crippen LogP contribution is -2.09. The van der Waals surface area contributed by atoms with Gasteiger partial charge in [0.25, 0.3) is 0 Å². The zero-order valence-corrected chi connectivity index (χ0v) is 8.09. The van der Waals surface area contributed by atoms with Gasteiger partial charge in [-0.3, -0.25) is 0 Å². The Morgan fingerprint density at radius 1 is 1.36 bits per heavy atom. The highest BCUT2D eigenvalue weighted by molar-refractivity contribution is 4.95.